The summed E-state index contributed by atoms with van der Waals surface area (Å²) in [5.41, 5.74) is 4.36. The molecular weight excluding hydrogens is 216 g/mol. The molecule has 1 unspecified atom stereocenters. The van der Waals surface area contributed by atoms with Crippen LogP contribution in [0.1, 0.15) is 28.4 Å². The van der Waals surface area contributed by atoms with Gasteiger partial charge in [-0.15, -0.1) is 0 Å². The third-order valence-corrected chi connectivity index (χ3v) is 3.14. The lowest BCUT2D eigenvalue weighted by Crippen LogP contribution is -2.02. The van der Waals surface area contributed by atoms with Crippen LogP contribution < -0.4 is 0 Å². The van der Waals surface area contributed by atoms with Crippen LogP contribution in [0.5, 0.6) is 0 Å². The van der Waals surface area contributed by atoms with Crippen LogP contribution in [-0.2, 0) is 24.4 Å². The van der Waals surface area contributed by atoms with Gasteiger partial charge in [0.05, 0.1) is 31.8 Å². The molecule has 88 valence electrons. The Morgan fingerprint density at radius 1 is 1.18 bits per heavy atom. The van der Waals surface area contributed by atoms with E-state index >= 15 is 0 Å². The zero-order chi connectivity index (χ0) is 11.7. The number of benzene rings is 1. The summed E-state index contributed by atoms with van der Waals surface area (Å²) in [4.78, 5) is 0. The second kappa shape index (κ2) is 4.35. The molecule has 0 amide bonds. The predicted octanol–water partition coefficient (Wildman–Crippen LogP) is 2.59. The quantitative estimate of drug-likeness (QED) is 0.881. The van der Waals surface area contributed by atoms with E-state index in [9.17, 15) is 5.11 Å². The van der Waals surface area contributed by atoms with Crippen LogP contribution in [0.4, 0.5) is 0 Å². The van der Waals surface area contributed by atoms with Gasteiger partial charge in [0.1, 0.15) is 0 Å². The van der Waals surface area contributed by atoms with E-state index in [0.29, 0.717) is 19.6 Å². The summed E-state index contributed by atoms with van der Waals surface area (Å²) in [6.45, 7) is 1.34. The Hall–Kier alpha value is -1.58. The maximum absolute atomic E-state index is 10.1. The smallest absolute Gasteiger partial charge is 0.0935 e. The minimum Gasteiger partial charge on any atom is -0.472 e. The van der Waals surface area contributed by atoms with Crippen LogP contribution in [-0.4, -0.2) is 5.11 Å². The van der Waals surface area contributed by atoms with Gasteiger partial charge in [-0.2, -0.15) is 0 Å². The van der Waals surface area contributed by atoms with Gasteiger partial charge in [0.15, 0.2) is 0 Å². The van der Waals surface area contributed by atoms with Crippen molar-refractivity contribution in [2.75, 3.05) is 0 Å². The van der Waals surface area contributed by atoms with Crippen molar-refractivity contribution in [3.63, 3.8) is 0 Å². The van der Waals surface area contributed by atoms with Gasteiger partial charge in [0, 0.05) is 6.42 Å². The van der Waals surface area contributed by atoms with Crippen molar-refractivity contribution >= 4 is 0 Å². The Morgan fingerprint density at radius 2 is 2.06 bits per heavy atom. The van der Waals surface area contributed by atoms with Gasteiger partial charge in [-0.3, -0.25) is 0 Å². The number of fused-ring (bicyclic) bond motifs is 1. The highest BCUT2D eigenvalue weighted by molar-refractivity contribution is 5.34. The molecule has 0 saturated carbocycles. The Kier molecular flexibility index (Phi) is 2.71. The number of aliphatic hydroxyl groups excluding tert-OH is 1. The van der Waals surface area contributed by atoms with Crippen LogP contribution in [0.15, 0.2) is 41.2 Å². The summed E-state index contributed by atoms with van der Waals surface area (Å²) < 4.78 is 10.4. The molecule has 3 nitrogen and oxygen atoms in total. The minimum absolute atomic E-state index is 0.488. The van der Waals surface area contributed by atoms with Crippen LogP contribution in [0.25, 0.3) is 0 Å². The second-order valence-corrected chi connectivity index (χ2v) is 4.37. The van der Waals surface area contributed by atoms with E-state index in [1.54, 1.807) is 12.5 Å². The SMILES string of the molecule is OC(Cc1ccoc1)c1ccc2c(c1)COC2. The number of aliphatic hydroxyl groups is 1. The first kappa shape index (κ1) is 10.6. The van der Waals surface area contributed by atoms with Crippen molar-refractivity contribution in [3.8, 4) is 0 Å². The molecule has 2 aromatic rings. The van der Waals surface area contributed by atoms with Crippen molar-refractivity contribution < 1.29 is 14.3 Å². The van der Waals surface area contributed by atoms with E-state index in [4.69, 9.17) is 9.15 Å². The maximum atomic E-state index is 10.1. The van der Waals surface area contributed by atoms with Crippen molar-refractivity contribution in [3.05, 3.63) is 59.0 Å². The monoisotopic (exact) mass is 230 g/mol. The van der Waals surface area contributed by atoms with Crippen molar-refractivity contribution in [1.82, 2.24) is 0 Å². The molecule has 0 spiro atoms. The van der Waals surface area contributed by atoms with Crippen molar-refractivity contribution in [1.29, 1.82) is 0 Å². The minimum atomic E-state index is -0.488. The maximum Gasteiger partial charge on any atom is 0.0935 e. The number of rotatable bonds is 3. The van der Waals surface area contributed by atoms with Gasteiger partial charge in [-0.05, 0) is 28.3 Å². The molecule has 3 heteroatoms. The van der Waals surface area contributed by atoms with Crippen LogP contribution in [0.2, 0.25) is 0 Å². The van der Waals surface area contributed by atoms with Crippen molar-refractivity contribution in [2.24, 2.45) is 0 Å². The standard InChI is InChI=1S/C14H14O3/c15-14(5-10-3-4-16-7-10)11-1-2-12-8-17-9-13(12)6-11/h1-4,6-7,14-15H,5,8-9H2. The number of hydrogen-bond donors (Lipinski definition) is 1. The highest BCUT2D eigenvalue weighted by atomic mass is 16.5. The van der Waals surface area contributed by atoms with Gasteiger partial charge < -0.3 is 14.3 Å². The molecule has 0 radical (unpaired) electrons. The van der Waals surface area contributed by atoms with E-state index < -0.39 is 6.10 Å². The zero-order valence-electron chi connectivity index (χ0n) is 9.43. The van der Waals surface area contributed by atoms with Crippen molar-refractivity contribution in [2.45, 2.75) is 25.7 Å². The number of hydrogen-bond acceptors (Lipinski definition) is 3. The fraction of sp³-hybridized carbons (Fsp3) is 0.286. The summed E-state index contributed by atoms with van der Waals surface area (Å²) in [6, 6.07) is 7.92. The summed E-state index contributed by atoms with van der Waals surface area (Å²) in [5.74, 6) is 0. The molecule has 3 rings (SSSR count). The van der Waals surface area contributed by atoms with Gasteiger partial charge >= 0.3 is 0 Å². The van der Waals surface area contributed by atoms with Crippen LogP contribution in [0.3, 0.4) is 0 Å². The molecule has 1 N–H and O–H groups in total. The first-order chi connectivity index (χ1) is 8.33. The molecule has 0 saturated heterocycles. The topological polar surface area (TPSA) is 42.6 Å². The lowest BCUT2D eigenvalue weighted by atomic mass is 9.99. The van der Waals surface area contributed by atoms with E-state index in [-0.39, 0.29) is 0 Å². The largest absolute Gasteiger partial charge is 0.472 e. The van der Waals surface area contributed by atoms with Crippen LogP contribution in [0, 0.1) is 0 Å². The molecule has 0 aliphatic carbocycles. The fourth-order valence-electron chi connectivity index (χ4n) is 2.15. The Balaban J connectivity index is 1.79. The van der Waals surface area contributed by atoms with Gasteiger partial charge in [-0.25, -0.2) is 0 Å². The lowest BCUT2D eigenvalue weighted by Gasteiger charge is -2.11. The highest BCUT2D eigenvalue weighted by Crippen LogP contribution is 2.25. The molecule has 1 aliphatic rings. The average Bonchev–Trinajstić information content (AvgIpc) is 2.97. The number of furan rings is 1. The Morgan fingerprint density at radius 3 is 2.88 bits per heavy atom. The highest BCUT2D eigenvalue weighted by Gasteiger charge is 2.15. The predicted molar refractivity (Wildman–Crippen MR) is 62.3 cm³/mol. The molecule has 1 aromatic carbocycles. The van der Waals surface area contributed by atoms with E-state index in [2.05, 4.69) is 0 Å². The van der Waals surface area contributed by atoms with Crippen LogP contribution >= 0.6 is 0 Å². The fourth-order valence-corrected chi connectivity index (χ4v) is 2.15. The zero-order valence-corrected chi connectivity index (χ0v) is 9.43. The van der Waals surface area contributed by atoms with Gasteiger partial charge in [0.25, 0.3) is 0 Å². The molecule has 1 aromatic heterocycles. The molecule has 17 heavy (non-hydrogen) atoms. The van der Waals surface area contributed by atoms with E-state index in [1.807, 2.05) is 24.3 Å². The first-order valence-electron chi connectivity index (χ1n) is 5.71. The van der Waals surface area contributed by atoms with E-state index in [1.165, 1.54) is 11.1 Å². The second-order valence-electron chi connectivity index (χ2n) is 4.37. The van der Waals surface area contributed by atoms with E-state index in [0.717, 1.165) is 11.1 Å². The molecular formula is C14H14O3. The molecule has 0 bridgehead atoms. The number of ether oxygens (including phenoxy) is 1. The summed E-state index contributed by atoms with van der Waals surface area (Å²) in [5, 5.41) is 10.1. The first-order valence-corrected chi connectivity index (χ1v) is 5.71. The summed E-state index contributed by atoms with van der Waals surface area (Å²) >= 11 is 0. The van der Waals surface area contributed by atoms with Gasteiger partial charge in [0.2, 0.25) is 0 Å². The third kappa shape index (κ3) is 2.12. The Bertz CT molecular complexity index is 502. The Labute approximate surface area is 99.6 Å². The lowest BCUT2D eigenvalue weighted by molar-refractivity contribution is 0.134. The van der Waals surface area contributed by atoms with Gasteiger partial charge in [-0.1, -0.05) is 18.2 Å². The normalized spacial score (nSPS) is 15.8. The summed E-state index contributed by atoms with van der Waals surface area (Å²) in [7, 11) is 0. The molecule has 2 heterocycles. The summed E-state index contributed by atoms with van der Waals surface area (Å²) in [6.07, 6.45) is 3.38. The molecule has 0 fully saturated rings. The molecule has 1 atom stereocenters. The third-order valence-electron chi connectivity index (χ3n) is 3.14. The molecule has 1 aliphatic heterocycles. The average molecular weight is 230 g/mol.